The van der Waals surface area contributed by atoms with E-state index in [1.54, 1.807) is 7.11 Å². The van der Waals surface area contributed by atoms with Gasteiger partial charge in [0.05, 0.1) is 12.5 Å². The number of nitrogens with one attached hydrogen (secondary N) is 1. The summed E-state index contributed by atoms with van der Waals surface area (Å²) in [7, 11) is 1.64. The molecule has 0 radical (unpaired) electrons. The molecule has 0 spiro atoms. The fraction of sp³-hybridized carbons (Fsp3) is 0.556. The first-order valence-electron chi connectivity index (χ1n) is 8.30. The van der Waals surface area contributed by atoms with E-state index < -0.39 is 5.92 Å². The molecule has 2 amide bonds. The minimum Gasteiger partial charge on any atom is -0.383 e. The van der Waals surface area contributed by atoms with Gasteiger partial charge in [-0.25, -0.2) is 0 Å². The number of hydrogen-bond acceptors (Lipinski definition) is 3. The molecule has 1 aromatic carbocycles. The van der Waals surface area contributed by atoms with Crippen LogP contribution in [0.1, 0.15) is 44.6 Å². The maximum atomic E-state index is 13.2. The maximum Gasteiger partial charge on any atom is 0.231 e. The number of benzene rings is 1. The van der Waals surface area contributed by atoms with Crippen molar-refractivity contribution in [2.75, 3.05) is 25.6 Å². The molecular weight excluding hydrogens is 292 g/mol. The van der Waals surface area contributed by atoms with Crippen molar-refractivity contribution >= 4 is 17.5 Å². The molecule has 23 heavy (non-hydrogen) atoms. The van der Waals surface area contributed by atoms with Gasteiger partial charge in [-0.15, -0.1) is 0 Å². The van der Waals surface area contributed by atoms with Crippen LogP contribution in [0.3, 0.4) is 0 Å². The molecule has 1 N–H and O–H groups in total. The summed E-state index contributed by atoms with van der Waals surface area (Å²) in [4.78, 5) is 27.0. The average Bonchev–Trinajstić information content (AvgIpc) is 2.57. The molecule has 0 aromatic heterocycles. The first kappa shape index (κ1) is 17.5. The second-order valence-electron chi connectivity index (χ2n) is 5.89. The molecule has 5 heteroatoms. The molecule has 5 nitrogen and oxygen atoms in total. The number of ether oxygens (including phenoxy) is 1. The van der Waals surface area contributed by atoms with Crippen LogP contribution in [-0.4, -0.2) is 43.0 Å². The van der Waals surface area contributed by atoms with Crippen molar-refractivity contribution in [2.24, 2.45) is 0 Å². The molecule has 1 unspecified atom stereocenters. The van der Waals surface area contributed by atoms with Crippen molar-refractivity contribution in [2.45, 2.75) is 45.1 Å². The SMILES string of the molecule is CCC(CC)N(CCOC)C(=O)C1CC(=O)Nc2ccccc21. The minimum atomic E-state index is -0.405. The second kappa shape index (κ2) is 8.11. The fourth-order valence-electron chi connectivity index (χ4n) is 3.22. The van der Waals surface area contributed by atoms with Crippen LogP contribution in [0.4, 0.5) is 5.69 Å². The lowest BCUT2D eigenvalue weighted by atomic mass is 9.88. The fourth-order valence-corrected chi connectivity index (χ4v) is 3.22. The highest BCUT2D eigenvalue weighted by Gasteiger charge is 2.34. The van der Waals surface area contributed by atoms with Crippen LogP contribution in [0.2, 0.25) is 0 Å². The molecular formula is C18H26N2O3. The predicted molar refractivity (Wildman–Crippen MR) is 90.4 cm³/mol. The van der Waals surface area contributed by atoms with Crippen LogP contribution in [0, 0.1) is 0 Å². The first-order valence-corrected chi connectivity index (χ1v) is 8.30. The third-order valence-electron chi connectivity index (χ3n) is 4.50. The van der Waals surface area contributed by atoms with Crippen molar-refractivity contribution in [3.8, 4) is 0 Å². The van der Waals surface area contributed by atoms with Crippen molar-refractivity contribution in [1.29, 1.82) is 0 Å². The van der Waals surface area contributed by atoms with E-state index in [-0.39, 0.29) is 24.3 Å². The highest BCUT2D eigenvalue weighted by atomic mass is 16.5. The predicted octanol–water partition coefficient (Wildman–Crippen LogP) is 2.78. The molecule has 0 saturated heterocycles. The Balaban J connectivity index is 2.30. The molecule has 1 aliphatic rings. The summed E-state index contributed by atoms with van der Waals surface area (Å²) >= 11 is 0. The molecule has 0 fully saturated rings. The van der Waals surface area contributed by atoms with Crippen LogP contribution in [0.5, 0.6) is 0 Å². The van der Waals surface area contributed by atoms with E-state index in [4.69, 9.17) is 4.74 Å². The number of carbonyl (C=O) groups is 2. The van der Waals surface area contributed by atoms with Gasteiger partial charge in [0.1, 0.15) is 0 Å². The second-order valence-corrected chi connectivity index (χ2v) is 5.89. The lowest BCUT2D eigenvalue weighted by Crippen LogP contribution is -2.45. The number of methoxy groups -OCH3 is 1. The summed E-state index contributed by atoms with van der Waals surface area (Å²) in [6.45, 7) is 5.23. The number of anilines is 1. The monoisotopic (exact) mass is 318 g/mol. The van der Waals surface area contributed by atoms with E-state index >= 15 is 0 Å². The van der Waals surface area contributed by atoms with E-state index in [1.807, 2.05) is 29.2 Å². The molecule has 1 heterocycles. The van der Waals surface area contributed by atoms with Gasteiger partial charge in [0.2, 0.25) is 11.8 Å². The number of amides is 2. The van der Waals surface area contributed by atoms with Gasteiger partial charge in [-0.1, -0.05) is 32.0 Å². The summed E-state index contributed by atoms with van der Waals surface area (Å²) in [5.74, 6) is -0.478. The van der Waals surface area contributed by atoms with E-state index in [2.05, 4.69) is 19.2 Å². The van der Waals surface area contributed by atoms with E-state index in [1.165, 1.54) is 0 Å². The topological polar surface area (TPSA) is 58.6 Å². The molecule has 0 bridgehead atoms. The molecule has 126 valence electrons. The Labute approximate surface area is 138 Å². The Kier molecular flexibility index (Phi) is 6.16. The largest absolute Gasteiger partial charge is 0.383 e. The highest BCUT2D eigenvalue weighted by Crippen LogP contribution is 2.34. The first-order chi connectivity index (χ1) is 11.1. The Morgan fingerprint density at radius 3 is 2.70 bits per heavy atom. The lowest BCUT2D eigenvalue weighted by molar-refractivity contribution is -0.138. The van der Waals surface area contributed by atoms with Crippen LogP contribution in [0.25, 0.3) is 0 Å². The van der Waals surface area contributed by atoms with Crippen LogP contribution < -0.4 is 5.32 Å². The van der Waals surface area contributed by atoms with Crippen molar-refractivity contribution < 1.29 is 14.3 Å². The summed E-state index contributed by atoms with van der Waals surface area (Å²) in [6.07, 6.45) is 2.00. The minimum absolute atomic E-state index is 0.0260. The van der Waals surface area contributed by atoms with Gasteiger partial charge < -0.3 is 15.0 Å². The molecule has 0 saturated carbocycles. The molecule has 0 aliphatic carbocycles. The Hall–Kier alpha value is -1.88. The number of hydrogen-bond donors (Lipinski definition) is 1. The summed E-state index contributed by atoms with van der Waals surface area (Å²) in [5.41, 5.74) is 1.66. The quantitative estimate of drug-likeness (QED) is 0.841. The third-order valence-corrected chi connectivity index (χ3v) is 4.50. The van der Waals surface area contributed by atoms with Crippen LogP contribution in [-0.2, 0) is 14.3 Å². The van der Waals surface area contributed by atoms with E-state index in [0.717, 1.165) is 24.1 Å². The van der Waals surface area contributed by atoms with Gasteiger partial charge in [0.15, 0.2) is 0 Å². The lowest BCUT2D eigenvalue weighted by Gasteiger charge is -2.35. The standard InChI is InChI=1S/C18H26N2O3/c1-4-13(5-2)20(10-11-23-3)18(22)15-12-17(21)19-16-9-7-6-8-14(15)16/h6-9,13,15H,4-5,10-12H2,1-3H3,(H,19,21). The van der Waals surface area contributed by atoms with Crippen molar-refractivity contribution in [3.63, 3.8) is 0 Å². The van der Waals surface area contributed by atoms with Gasteiger partial charge in [0.25, 0.3) is 0 Å². The van der Waals surface area contributed by atoms with Crippen molar-refractivity contribution in [3.05, 3.63) is 29.8 Å². The number of rotatable bonds is 7. The van der Waals surface area contributed by atoms with Gasteiger partial charge in [-0.05, 0) is 24.5 Å². The Morgan fingerprint density at radius 2 is 2.04 bits per heavy atom. The Bertz CT molecular complexity index is 555. The smallest absolute Gasteiger partial charge is 0.231 e. The van der Waals surface area contributed by atoms with Gasteiger partial charge >= 0.3 is 0 Å². The zero-order chi connectivity index (χ0) is 16.8. The Morgan fingerprint density at radius 1 is 1.35 bits per heavy atom. The normalized spacial score (nSPS) is 16.9. The summed E-state index contributed by atoms with van der Waals surface area (Å²) < 4.78 is 5.17. The van der Waals surface area contributed by atoms with E-state index in [0.29, 0.717) is 13.2 Å². The van der Waals surface area contributed by atoms with Gasteiger partial charge in [0, 0.05) is 31.8 Å². The number of para-hydroxylation sites is 1. The highest BCUT2D eigenvalue weighted by molar-refractivity contribution is 6.01. The third kappa shape index (κ3) is 3.91. The maximum absolute atomic E-state index is 13.2. The summed E-state index contributed by atoms with van der Waals surface area (Å²) in [5, 5.41) is 2.85. The number of nitrogens with zero attached hydrogens (tertiary/aromatic N) is 1. The molecule has 1 aliphatic heterocycles. The molecule has 2 rings (SSSR count). The van der Waals surface area contributed by atoms with Crippen molar-refractivity contribution in [1.82, 2.24) is 4.90 Å². The van der Waals surface area contributed by atoms with Crippen LogP contribution in [0.15, 0.2) is 24.3 Å². The van der Waals surface area contributed by atoms with E-state index in [9.17, 15) is 9.59 Å². The van der Waals surface area contributed by atoms with Gasteiger partial charge in [-0.2, -0.15) is 0 Å². The number of carbonyl (C=O) groups excluding carboxylic acids is 2. The molecule has 1 atom stereocenters. The average molecular weight is 318 g/mol. The number of fused-ring (bicyclic) bond motifs is 1. The molecule has 1 aromatic rings. The van der Waals surface area contributed by atoms with Gasteiger partial charge in [-0.3, -0.25) is 9.59 Å². The zero-order valence-corrected chi connectivity index (χ0v) is 14.2. The zero-order valence-electron chi connectivity index (χ0n) is 14.2. The summed E-state index contributed by atoms with van der Waals surface area (Å²) in [6, 6.07) is 7.74. The van der Waals surface area contributed by atoms with Crippen LogP contribution >= 0.6 is 0 Å².